The molecular formula is C17H23N3O2. The van der Waals surface area contributed by atoms with Gasteiger partial charge in [0.1, 0.15) is 17.6 Å². The number of nitrogens with zero attached hydrogens (tertiary/aromatic N) is 2. The Labute approximate surface area is 131 Å². The number of rotatable bonds is 6. The molecule has 0 atom stereocenters. The van der Waals surface area contributed by atoms with Crippen molar-refractivity contribution in [3.63, 3.8) is 0 Å². The maximum atomic E-state index is 12.2. The number of carbonyl (C=O) groups excluding carboxylic acids is 1. The van der Waals surface area contributed by atoms with Crippen LogP contribution < -0.4 is 5.32 Å². The van der Waals surface area contributed by atoms with Gasteiger partial charge in [-0.2, -0.15) is 0 Å². The van der Waals surface area contributed by atoms with Crippen LogP contribution in [0.2, 0.25) is 0 Å². The molecule has 0 saturated carbocycles. The monoisotopic (exact) mass is 301 g/mol. The van der Waals surface area contributed by atoms with E-state index < -0.39 is 0 Å². The van der Waals surface area contributed by atoms with Gasteiger partial charge in [-0.1, -0.05) is 24.2 Å². The van der Waals surface area contributed by atoms with E-state index in [1.807, 2.05) is 24.3 Å². The van der Waals surface area contributed by atoms with Crippen LogP contribution in [-0.4, -0.2) is 28.6 Å². The number of nitrogens with one attached hydrogen (secondary N) is 1. The van der Waals surface area contributed by atoms with Gasteiger partial charge in [0.15, 0.2) is 0 Å². The first-order chi connectivity index (χ1) is 10.5. The number of anilines is 1. The predicted molar refractivity (Wildman–Crippen MR) is 86.9 cm³/mol. The SMILES string of the molecule is CCN(Cc1ccc(C(=O)Nc2conc2C)cc1)C(C)C. The van der Waals surface area contributed by atoms with Gasteiger partial charge in [-0.15, -0.1) is 0 Å². The van der Waals surface area contributed by atoms with Gasteiger partial charge in [0.2, 0.25) is 0 Å². The molecule has 2 rings (SSSR count). The Morgan fingerprint density at radius 2 is 2.00 bits per heavy atom. The summed E-state index contributed by atoms with van der Waals surface area (Å²) in [6.07, 6.45) is 1.43. The topological polar surface area (TPSA) is 58.4 Å². The summed E-state index contributed by atoms with van der Waals surface area (Å²) in [5.41, 5.74) is 3.09. The molecule has 0 spiro atoms. The normalized spacial score (nSPS) is 11.2. The summed E-state index contributed by atoms with van der Waals surface area (Å²) in [7, 11) is 0. The smallest absolute Gasteiger partial charge is 0.255 e. The summed E-state index contributed by atoms with van der Waals surface area (Å²) >= 11 is 0. The van der Waals surface area contributed by atoms with Crippen molar-refractivity contribution in [1.29, 1.82) is 0 Å². The number of hydrogen-bond donors (Lipinski definition) is 1. The highest BCUT2D eigenvalue weighted by molar-refractivity contribution is 6.04. The molecule has 0 bridgehead atoms. The van der Waals surface area contributed by atoms with Crippen molar-refractivity contribution in [3.8, 4) is 0 Å². The number of carbonyl (C=O) groups is 1. The van der Waals surface area contributed by atoms with Crippen molar-refractivity contribution in [2.45, 2.75) is 40.3 Å². The molecule has 118 valence electrons. The van der Waals surface area contributed by atoms with Gasteiger partial charge < -0.3 is 9.84 Å². The molecule has 0 aliphatic heterocycles. The lowest BCUT2D eigenvalue weighted by atomic mass is 10.1. The van der Waals surface area contributed by atoms with Gasteiger partial charge in [0.05, 0.1) is 0 Å². The Bertz CT molecular complexity index is 617. The van der Waals surface area contributed by atoms with Gasteiger partial charge in [0, 0.05) is 18.2 Å². The molecule has 1 heterocycles. The Morgan fingerprint density at radius 1 is 1.32 bits per heavy atom. The van der Waals surface area contributed by atoms with Gasteiger partial charge in [0.25, 0.3) is 5.91 Å². The lowest BCUT2D eigenvalue weighted by Gasteiger charge is -2.24. The lowest BCUT2D eigenvalue weighted by Crippen LogP contribution is -2.29. The van der Waals surface area contributed by atoms with Crippen LogP contribution in [0.1, 0.15) is 42.4 Å². The maximum absolute atomic E-state index is 12.2. The van der Waals surface area contributed by atoms with Crippen molar-refractivity contribution in [3.05, 3.63) is 47.3 Å². The fraction of sp³-hybridized carbons (Fsp3) is 0.412. The van der Waals surface area contributed by atoms with E-state index in [2.05, 4.69) is 36.1 Å². The Balaban J connectivity index is 2.02. The van der Waals surface area contributed by atoms with E-state index in [1.165, 1.54) is 11.8 Å². The highest BCUT2D eigenvalue weighted by Gasteiger charge is 2.11. The van der Waals surface area contributed by atoms with E-state index in [1.54, 1.807) is 6.92 Å². The zero-order valence-corrected chi connectivity index (χ0v) is 13.6. The molecule has 22 heavy (non-hydrogen) atoms. The molecule has 5 nitrogen and oxygen atoms in total. The first-order valence-electron chi connectivity index (χ1n) is 7.56. The van der Waals surface area contributed by atoms with Crippen molar-refractivity contribution >= 4 is 11.6 Å². The van der Waals surface area contributed by atoms with E-state index >= 15 is 0 Å². The van der Waals surface area contributed by atoms with E-state index in [0.717, 1.165) is 13.1 Å². The average Bonchev–Trinajstić information content (AvgIpc) is 2.90. The van der Waals surface area contributed by atoms with Crippen LogP contribution in [0.15, 0.2) is 35.1 Å². The summed E-state index contributed by atoms with van der Waals surface area (Å²) in [5, 5.41) is 6.53. The summed E-state index contributed by atoms with van der Waals surface area (Å²) in [6.45, 7) is 10.2. The lowest BCUT2D eigenvalue weighted by molar-refractivity contribution is 0.102. The van der Waals surface area contributed by atoms with Crippen molar-refractivity contribution < 1.29 is 9.32 Å². The maximum Gasteiger partial charge on any atom is 0.255 e. The van der Waals surface area contributed by atoms with Crippen LogP contribution in [0.3, 0.4) is 0 Å². The van der Waals surface area contributed by atoms with Crippen LogP contribution in [0.25, 0.3) is 0 Å². The van der Waals surface area contributed by atoms with E-state index in [0.29, 0.717) is 23.0 Å². The molecular weight excluding hydrogens is 278 g/mol. The Hall–Kier alpha value is -2.14. The minimum Gasteiger partial charge on any atom is -0.362 e. The average molecular weight is 301 g/mol. The fourth-order valence-corrected chi connectivity index (χ4v) is 2.26. The third-order valence-electron chi connectivity index (χ3n) is 3.74. The predicted octanol–water partition coefficient (Wildman–Crippen LogP) is 3.47. The fourth-order valence-electron chi connectivity index (χ4n) is 2.26. The van der Waals surface area contributed by atoms with Crippen molar-refractivity contribution in [2.24, 2.45) is 0 Å². The zero-order valence-electron chi connectivity index (χ0n) is 13.6. The summed E-state index contributed by atoms with van der Waals surface area (Å²) in [5.74, 6) is -0.158. The molecule has 0 fully saturated rings. The van der Waals surface area contributed by atoms with Crippen molar-refractivity contribution in [1.82, 2.24) is 10.1 Å². The summed E-state index contributed by atoms with van der Waals surface area (Å²) < 4.78 is 4.81. The Kier molecular flexibility index (Phi) is 5.33. The molecule has 0 saturated heterocycles. The minimum atomic E-state index is -0.158. The van der Waals surface area contributed by atoms with Crippen LogP contribution in [0.4, 0.5) is 5.69 Å². The third-order valence-corrected chi connectivity index (χ3v) is 3.74. The minimum absolute atomic E-state index is 0.158. The van der Waals surface area contributed by atoms with Gasteiger partial charge in [-0.05, 0) is 45.0 Å². The second-order valence-corrected chi connectivity index (χ2v) is 5.62. The molecule has 1 amide bonds. The second-order valence-electron chi connectivity index (χ2n) is 5.62. The quantitative estimate of drug-likeness (QED) is 0.887. The molecule has 0 unspecified atom stereocenters. The number of hydrogen-bond acceptors (Lipinski definition) is 4. The highest BCUT2D eigenvalue weighted by atomic mass is 16.5. The third kappa shape index (κ3) is 3.95. The van der Waals surface area contributed by atoms with Crippen LogP contribution in [0.5, 0.6) is 0 Å². The highest BCUT2D eigenvalue weighted by Crippen LogP contribution is 2.15. The molecule has 1 aromatic carbocycles. The number of aryl methyl sites for hydroxylation is 1. The first-order valence-corrected chi connectivity index (χ1v) is 7.56. The molecule has 0 radical (unpaired) electrons. The van der Waals surface area contributed by atoms with Gasteiger partial charge >= 0.3 is 0 Å². The summed E-state index contributed by atoms with van der Waals surface area (Å²) in [4.78, 5) is 14.5. The first kappa shape index (κ1) is 16.2. The van der Waals surface area contributed by atoms with Crippen LogP contribution >= 0.6 is 0 Å². The molecule has 1 N–H and O–H groups in total. The van der Waals surface area contributed by atoms with Gasteiger partial charge in [-0.3, -0.25) is 9.69 Å². The molecule has 0 aliphatic rings. The Morgan fingerprint density at radius 3 is 2.50 bits per heavy atom. The molecule has 5 heteroatoms. The van der Waals surface area contributed by atoms with Gasteiger partial charge in [-0.25, -0.2) is 0 Å². The van der Waals surface area contributed by atoms with Crippen molar-refractivity contribution in [2.75, 3.05) is 11.9 Å². The standard InChI is InChI=1S/C17H23N3O2/c1-5-20(12(2)3)10-14-6-8-15(9-7-14)17(21)18-16-11-22-19-13(16)4/h6-9,11-12H,5,10H2,1-4H3,(H,18,21). The van der Waals surface area contributed by atoms with E-state index in [-0.39, 0.29) is 5.91 Å². The molecule has 1 aromatic heterocycles. The number of benzene rings is 1. The zero-order chi connectivity index (χ0) is 16.1. The van der Waals surface area contributed by atoms with Crippen LogP contribution in [-0.2, 0) is 6.54 Å². The van der Waals surface area contributed by atoms with E-state index in [9.17, 15) is 4.79 Å². The van der Waals surface area contributed by atoms with Crippen LogP contribution in [0, 0.1) is 6.92 Å². The number of aromatic nitrogens is 1. The molecule has 2 aromatic rings. The molecule has 0 aliphatic carbocycles. The summed E-state index contributed by atoms with van der Waals surface area (Å²) in [6, 6.07) is 8.20. The number of amides is 1. The second kappa shape index (κ2) is 7.22. The largest absolute Gasteiger partial charge is 0.362 e. The van der Waals surface area contributed by atoms with E-state index in [4.69, 9.17) is 4.52 Å².